The maximum Gasteiger partial charge on any atom is 0.326 e. The third kappa shape index (κ3) is 22.3. The average molecular weight is 715 g/mol. The molecule has 7 nitrogen and oxygen atoms in total. The summed E-state index contributed by atoms with van der Waals surface area (Å²) in [6.45, 7) is 47.7. The lowest BCUT2D eigenvalue weighted by Crippen LogP contribution is -2.60. The first-order valence-electron chi connectivity index (χ1n) is 16.3. The van der Waals surface area contributed by atoms with Crippen LogP contribution in [0, 0.1) is 0 Å². The molecular formula is C30H74O7Si6. The molecule has 0 aliphatic rings. The lowest BCUT2D eigenvalue weighted by Gasteiger charge is -2.45. The van der Waals surface area contributed by atoms with Crippen molar-refractivity contribution in [3.05, 3.63) is 0 Å². The van der Waals surface area contributed by atoms with Gasteiger partial charge < -0.3 is 30.0 Å². The Hall–Kier alpha value is 1.02. The van der Waals surface area contributed by atoms with Crippen molar-refractivity contribution < 1.29 is 30.0 Å². The molecule has 0 rings (SSSR count). The van der Waals surface area contributed by atoms with Gasteiger partial charge in [0, 0.05) is 11.2 Å². The second kappa shape index (κ2) is 14.6. The summed E-state index contributed by atoms with van der Waals surface area (Å²) in [5, 5.41) is 0. The van der Waals surface area contributed by atoms with Crippen LogP contribution >= 0.6 is 0 Å². The minimum Gasteiger partial charge on any atom is -0.416 e. The number of hydrogen-bond acceptors (Lipinski definition) is 7. The predicted octanol–water partition coefficient (Wildman–Crippen LogP) is 10.3. The van der Waals surface area contributed by atoms with Crippen molar-refractivity contribution in [3.63, 3.8) is 0 Å². The van der Waals surface area contributed by atoms with E-state index in [-0.39, 0.29) is 22.4 Å². The van der Waals surface area contributed by atoms with Crippen LogP contribution < -0.4 is 0 Å². The molecule has 0 aromatic heterocycles. The van der Waals surface area contributed by atoms with E-state index < -0.39 is 50.9 Å². The highest BCUT2D eigenvalue weighted by molar-refractivity contribution is 6.88. The van der Waals surface area contributed by atoms with Crippen LogP contribution in [0.15, 0.2) is 0 Å². The average Bonchev–Trinajstić information content (AvgIpc) is 2.56. The second-order valence-corrected chi connectivity index (χ2v) is 41.2. The molecular weight excluding hydrogens is 641 g/mol. The van der Waals surface area contributed by atoms with Crippen molar-refractivity contribution in [1.29, 1.82) is 0 Å². The molecule has 0 saturated carbocycles. The monoisotopic (exact) mass is 714 g/mol. The molecule has 0 saturated heterocycles. The van der Waals surface area contributed by atoms with Gasteiger partial charge in [0.05, 0.1) is 11.2 Å². The van der Waals surface area contributed by atoms with Gasteiger partial charge in [-0.2, -0.15) is 0 Å². The van der Waals surface area contributed by atoms with Crippen molar-refractivity contribution in [2.24, 2.45) is 0 Å². The smallest absolute Gasteiger partial charge is 0.326 e. The SMILES string of the molecule is CC(C)(C)O[Si](C)(C)CC[Si](C)(OC(C)(C)C)O[Si](C)(C)O[Si](C)(C)O[Si](C)(CC[Si](C)(C)OC(C)(C)C)OC(C)(C)C. The summed E-state index contributed by atoms with van der Waals surface area (Å²) in [4.78, 5) is 0. The Bertz CT molecular complexity index is 800. The van der Waals surface area contributed by atoms with Gasteiger partial charge >= 0.3 is 34.2 Å². The molecule has 0 amide bonds. The Morgan fingerprint density at radius 1 is 0.326 bits per heavy atom. The van der Waals surface area contributed by atoms with Crippen LogP contribution in [0.4, 0.5) is 0 Å². The summed E-state index contributed by atoms with van der Waals surface area (Å²) >= 11 is 0. The van der Waals surface area contributed by atoms with Crippen molar-refractivity contribution in [2.75, 3.05) is 0 Å². The predicted molar refractivity (Wildman–Crippen MR) is 199 cm³/mol. The Labute approximate surface area is 275 Å². The van der Waals surface area contributed by atoms with Crippen molar-refractivity contribution in [3.8, 4) is 0 Å². The first kappa shape index (κ1) is 44.0. The molecule has 0 aliphatic carbocycles. The molecule has 0 N–H and O–H groups in total. The minimum atomic E-state index is -2.67. The molecule has 0 fully saturated rings. The van der Waals surface area contributed by atoms with E-state index in [9.17, 15) is 0 Å². The quantitative estimate of drug-likeness (QED) is 0.147. The molecule has 0 radical (unpaired) electrons. The van der Waals surface area contributed by atoms with Crippen LogP contribution in [-0.2, 0) is 30.0 Å². The molecule has 0 spiro atoms. The van der Waals surface area contributed by atoms with Gasteiger partial charge in [0.1, 0.15) is 0 Å². The van der Waals surface area contributed by atoms with E-state index in [2.05, 4.69) is 149 Å². The van der Waals surface area contributed by atoms with Gasteiger partial charge in [-0.25, -0.2) is 0 Å². The number of hydrogen-bond donors (Lipinski definition) is 0. The summed E-state index contributed by atoms with van der Waals surface area (Å²) in [5.74, 6) is 0. The third-order valence-electron chi connectivity index (χ3n) is 5.99. The van der Waals surface area contributed by atoms with E-state index in [4.69, 9.17) is 30.0 Å². The fourth-order valence-electron chi connectivity index (χ4n) is 6.03. The zero-order chi connectivity index (χ0) is 34.8. The molecule has 260 valence electrons. The maximum absolute atomic E-state index is 7.06. The minimum absolute atomic E-state index is 0.161. The highest BCUT2D eigenvalue weighted by Crippen LogP contribution is 2.35. The molecule has 0 bridgehead atoms. The van der Waals surface area contributed by atoms with Gasteiger partial charge in [0.2, 0.25) is 0 Å². The highest BCUT2D eigenvalue weighted by atomic mass is 28.5. The lowest BCUT2D eigenvalue weighted by molar-refractivity contribution is 0.0803. The van der Waals surface area contributed by atoms with E-state index in [1.54, 1.807) is 0 Å². The highest BCUT2D eigenvalue weighted by Gasteiger charge is 2.50. The normalized spacial score (nSPS) is 18.0. The molecule has 43 heavy (non-hydrogen) atoms. The van der Waals surface area contributed by atoms with Crippen LogP contribution in [0.3, 0.4) is 0 Å². The van der Waals surface area contributed by atoms with E-state index in [1.807, 2.05) is 0 Å². The molecule has 0 aromatic carbocycles. The zero-order valence-electron chi connectivity index (χ0n) is 32.7. The third-order valence-corrected chi connectivity index (χ3v) is 27.9. The second-order valence-electron chi connectivity index (χ2n) is 18.8. The number of rotatable bonds is 16. The Balaban J connectivity index is 6.01. The summed E-state index contributed by atoms with van der Waals surface area (Å²) in [5.41, 5.74) is -0.954. The van der Waals surface area contributed by atoms with Gasteiger partial charge in [-0.15, -0.1) is 0 Å². The summed E-state index contributed by atoms with van der Waals surface area (Å²) < 4.78 is 47.7. The first-order valence-corrected chi connectivity index (χ1v) is 33.2. The summed E-state index contributed by atoms with van der Waals surface area (Å²) in [7, 11) is -14.5. The molecule has 0 aromatic rings. The Morgan fingerprint density at radius 3 is 0.767 bits per heavy atom. The molecule has 0 aliphatic heterocycles. The topological polar surface area (TPSA) is 64.6 Å². The van der Waals surface area contributed by atoms with Crippen molar-refractivity contribution >= 4 is 50.9 Å². The van der Waals surface area contributed by atoms with E-state index in [1.165, 1.54) is 0 Å². The van der Waals surface area contributed by atoms with Gasteiger partial charge in [0.15, 0.2) is 16.6 Å². The van der Waals surface area contributed by atoms with Crippen LogP contribution in [0.2, 0.25) is 89.6 Å². The van der Waals surface area contributed by atoms with Gasteiger partial charge in [-0.05, 0) is 173 Å². The van der Waals surface area contributed by atoms with E-state index in [0.717, 1.165) is 24.2 Å². The molecule has 13 heteroatoms. The van der Waals surface area contributed by atoms with Gasteiger partial charge in [0.25, 0.3) is 0 Å². The zero-order valence-corrected chi connectivity index (χ0v) is 38.7. The molecule has 2 unspecified atom stereocenters. The van der Waals surface area contributed by atoms with Crippen LogP contribution in [0.5, 0.6) is 0 Å². The lowest BCUT2D eigenvalue weighted by atomic mass is 10.2. The van der Waals surface area contributed by atoms with Crippen LogP contribution in [0.1, 0.15) is 83.1 Å². The largest absolute Gasteiger partial charge is 0.416 e. The molecule has 0 heterocycles. The fraction of sp³-hybridized carbons (Fsp3) is 1.00. The summed E-state index contributed by atoms with van der Waals surface area (Å²) in [6, 6.07) is 3.70. The Morgan fingerprint density at radius 2 is 0.558 bits per heavy atom. The first-order chi connectivity index (χ1) is 18.4. The standard InChI is InChI=1S/C30H74O7Si6/c1-27(2,3)31-38(13,14)23-25-42(21,33-29(7,8)9)36-40(17,18)35-41(19,20)37-43(22,34-30(10,11)12)26-24-39(15,16)32-28(4,5)6/h23-26H2,1-22H3. The summed E-state index contributed by atoms with van der Waals surface area (Å²) in [6.07, 6.45) is 0. The van der Waals surface area contributed by atoms with Crippen LogP contribution in [0.25, 0.3) is 0 Å². The van der Waals surface area contributed by atoms with E-state index in [0.29, 0.717) is 0 Å². The van der Waals surface area contributed by atoms with E-state index >= 15 is 0 Å². The maximum atomic E-state index is 7.06. The van der Waals surface area contributed by atoms with Crippen LogP contribution in [-0.4, -0.2) is 73.3 Å². The Kier molecular flexibility index (Phi) is 15.0. The van der Waals surface area contributed by atoms with Crippen molar-refractivity contribution in [2.45, 2.75) is 195 Å². The van der Waals surface area contributed by atoms with Crippen molar-refractivity contribution in [1.82, 2.24) is 0 Å². The fourth-order valence-corrected chi connectivity index (χ4v) is 36.1. The van der Waals surface area contributed by atoms with Gasteiger partial charge in [-0.3, -0.25) is 0 Å². The molecule has 2 atom stereocenters. The van der Waals surface area contributed by atoms with Gasteiger partial charge in [-0.1, -0.05) is 0 Å².